The van der Waals surface area contributed by atoms with E-state index < -0.39 is 0 Å². The Labute approximate surface area is 324 Å². The standard InChI is InChI=1S/2C23H18NO2.Pt/c2*1-25-17-10-11-21(23-15-18(26-2)12-13-24-23)22(14-17)20-9-5-7-16-6-3-4-8-19(16)20;/h2*3-10,12-15H,1-2H3;/q2*-1;+2. The number of aromatic nitrogens is 2. The maximum atomic E-state index is 5.45. The molecule has 0 saturated heterocycles. The van der Waals surface area contributed by atoms with Crippen molar-refractivity contribution in [2.75, 3.05) is 28.4 Å². The molecule has 0 aliphatic carbocycles. The van der Waals surface area contributed by atoms with E-state index in [1.54, 1.807) is 40.8 Å². The van der Waals surface area contributed by atoms with Crippen LogP contribution in [0, 0.1) is 12.1 Å². The van der Waals surface area contributed by atoms with Gasteiger partial charge in [0.25, 0.3) is 0 Å². The SMILES string of the molecule is COc1ccnc(-c2[c-]cc(OC)cc2-c2cccc3ccccc23)c1.COc1ccnc(-c2[c-]cc(OC)cc2-c2cccc3ccccc23)c1.[Pt+2]. The van der Waals surface area contributed by atoms with Gasteiger partial charge < -0.3 is 28.9 Å². The van der Waals surface area contributed by atoms with Crippen molar-refractivity contribution in [1.29, 1.82) is 0 Å². The van der Waals surface area contributed by atoms with Gasteiger partial charge >= 0.3 is 21.1 Å². The van der Waals surface area contributed by atoms with Gasteiger partial charge in [-0.1, -0.05) is 119 Å². The van der Waals surface area contributed by atoms with Crippen molar-refractivity contribution < 1.29 is 40.0 Å². The van der Waals surface area contributed by atoms with Crippen LogP contribution in [0.25, 0.3) is 66.3 Å². The number of hydrogen-bond donors (Lipinski definition) is 0. The maximum absolute atomic E-state index is 5.45. The Bertz CT molecular complexity index is 2320. The van der Waals surface area contributed by atoms with Crippen LogP contribution in [-0.2, 0) is 21.1 Å². The van der Waals surface area contributed by atoms with E-state index in [1.165, 1.54) is 21.5 Å². The zero-order chi connectivity index (χ0) is 35.9. The summed E-state index contributed by atoms with van der Waals surface area (Å²) in [5.74, 6) is 3.06. The van der Waals surface area contributed by atoms with E-state index in [0.29, 0.717) is 0 Å². The average molecular weight is 876 g/mol. The summed E-state index contributed by atoms with van der Waals surface area (Å²) in [6.07, 6.45) is 3.50. The first kappa shape index (κ1) is 36.8. The third kappa shape index (κ3) is 7.94. The Morgan fingerprint density at radius 3 is 1.23 bits per heavy atom. The smallest absolute Gasteiger partial charge is 0.540 e. The first-order valence-electron chi connectivity index (χ1n) is 16.8. The van der Waals surface area contributed by atoms with Gasteiger partial charge in [0.1, 0.15) is 11.5 Å². The molecule has 6 aromatic carbocycles. The van der Waals surface area contributed by atoms with Crippen LogP contribution in [0.4, 0.5) is 0 Å². The fraction of sp³-hybridized carbons (Fsp3) is 0.0870. The molecule has 0 amide bonds. The van der Waals surface area contributed by atoms with E-state index in [0.717, 1.165) is 67.8 Å². The molecule has 53 heavy (non-hydrogen) atoms. The Morgan fingerprint density at radius 1 is 0.415 bits per heavy atom. The van der Waals surface area contributed by atoms with Crippen LogP contribution in [0.2, 0.25) is 0 Å². The van der Waals surface area contributed by atoms with E-state index in [9.17, 15) is 0 Å². The molecule has 6 nitrogen and oxygen atoms in total. The Balaban J connectivity index is 0.000000178. The summed E-state index contributed by atoms with van der Waals surface area (Å²) < 4.78 is 21.6. The predicted molar refractivity (Wildman–Crippen MR) is 209 cm³/mol. The van der Waals surface area contributed by atoms with Crippen molar-refractivity contribution in [2.45, 2.75) is 0 Å². The first-order valence-corrected chi connectivity index (χ1v) is 16.8. The topological polar surface area (TPSA) is 62.7 Å². The fourth-order valence-corrected chi connectivity index (χ4v) is 6.31. The van der Waals surface area contributed by atoms with Crippen molar-refractivity contribution in [3.05, 3.63) is 158 Å². The van der Waals surface area contributed by atoms with Gasteiger partial charge in [0, 0.05) is 23.9 Å². The fourth-order valence-electron chi connectivity index (χ4n) is 6.31. The summed E-state index contributed by atoms with van der Waals surface area (Å²) in [5.41, 5.74) is 7.77. The molecule has 2 aromatic heterocycles. The van der Waals surface area contributed by atoms with Gasteiger partial charge in [-0.15, -0.1) is 35.4 Å². The van der Waals surface area contributed by atoms with Crippen LogP contribution in [-0.4, -0.2) is 38.4 Å². The van der Waals surface area contributed by atoms with E-state index in [4.69, 9.17) is 18.9 Å². The van der Waals surface area contributed by atoms with Crippen molar-refractivity contribution in [1.82, 2.24) is 9.97 Å². The zero-order valence-electron chi connectivity index (χ0n) is 29.7. The van der Waals surface area contributed by atoms with Crippen molar-refractivity contribution in [3.8, 4) is 67.8 Å². The van der Waals surface area contributed by atoms with E-state index in [1.807, 2.05) is 60.7 Å². The number of rotatable bonds is 8. The van der Waals surface area contributed by atoms with Crippen LogP contribution in [0.15, 0.2) is 146 Å². The molecule has 0 atom stereocenters. The molecule has 0 unspecified atom stereocenters. The molecule has 0 bridgehead atoms. The monoisotopic (exact) mass is 875 g/mol. The molecule has 0 N–H and O–H groups in total. The van der Waals surface area contributed by atoms with Gasteiger partial charge in [-0.25, -0.2) is 0 Å². The third-order valence-electron chi connectivity index (χ3n) is 8.91. The normalized spacial score (nSPS) is 10.5. The van der Waals surface area contributed by atoms with Crippen molar-refractivity contribution in [2.24, 2.45) is 0 Å². The molecule has 8 rings (SSSR count). The molecule has 0 saturated carbocycles. The number of benzene rings is 6. The summed E-state index contributed by atoms with van der Waals surface area (Å²) in [4.78, 5) is 9.05. The minimum atomic E-state index is 0. The van der Waals surface area contributed by atoms with Gasteiger partial charge in [0.05, 0.1) is 28.4 Å². The Morgan fingerprint density at radius 2 is 0.811 bits per heavy atom. The number of methoxy groups -OCH3 is 4. The second-order valence-corrected chi connectivity index (χ2v) is 11.9. The summed E-state index contributed by atoms with van der Waals surface area (Å²) in [5, 5.41) is 4.75. The summed E-state index contributed by atoms with van der Waals surface area (Å²) >= 11 is 0. The van der Waals surface area contributed by atoms with E-state index in [-0.39, 0.29) is 21.1 Å². The number of ether oxygens (including phenoxy) is 4. The molecule has 0 spiro atoms. The Kier molecular flexibility index (Phi) is 11.8. The van der Waals surface area contributed by atoms with Crippen LogP contribution in [0.3, 0.4) is 0 Å². The predicted octanol–water partition coefficient (Wildman–Crippen LogP) is 10.8. The summed E-state index contributed by atoms with van der Waals surface area (Å²) in [7, 11) is 6.64. The van der Waals surface area contributed by atoms with Crippen molar-refractivity contribution in [3.63, 3.8) is 0 Å². The quantitative estimate of drug-likeness (QED) is 0.142. The largest absolute Gasteiger partial charge is 2.00 e. The minimum absolute atomic E-state index is 0. The van der Waals surface area contributed by atoms with Crippen LogP contribution < -0.4 is 18.9 Å². The van der Waals surface area contributed by atoms with Crippen LogP contribution in [0.1, 0.15) is 0 Å². The first-order chi connectivity index (χ1) is 25.6. The minimum Gasteiger partial charge on any atom is -0.540 e. The van der Waals surface area contributed by atoms with Gasteiger partial charge in [-0.3, -0.25) is 0 Å². The Hall–Kier alpha value is -5.97. The number of nitrogens with zero attached hydrogens (tertiary/aromatic N) is 2. The van der Waals surface area contributed by atoms with E-state index in [2.05, 4.69) is 94.9 Å². The zero-order valence-corrected chi connectivity index (χ0v) is 32.0. The molecular weight excluding hydrogens is 840 g/mol. The third-order valence-corrected chi connectivity index (χ3v) is 8.91. The molecule has 0 fully saturated rings. The number of hydrogen-bond acceptors (Lipinski definition) is 6. The molecule has 7 heteroatoms. The van der Waals surface area contributed by atoms with Crippen LogP contribution in [0.5, 0.6) is 23.0 Å². The molecule has 264 valence electrons. The molecule has 2 heterocycles. The second kappa shape index (κ2) is 17.0. The van der Waals surface area contributed by atoms with Crippen LogP contribution >= 0.6 is 0 Å². The number of pyridine rings is 2. The van der Waals surface area contributed by atoms with Gasteiger partial charge in [-0.2, -0.15) is 0 Å². The molecule has 0 aliphatic rings. The van der Waals surface area contributed by atoms with Gasteiger partial charge in [0.2, 0.25) is 0 Å². The molecule has 0 radical (unpaired) electrons. The molecule has 0 aliphatic heterocycles. The molecular formula is C46H36N2O4Pt. The average Bonchev–Trinajstić information content (AvgIpc) is 3.23. The van der Waals surface area contributed by atoms with Gasteiger partial charge in [0.15, 0.2) is 0 Å². The summed E-state index contributed by atoms with van der Waals surface area (Å²) in [6, 6.07) is 51.3. The van der Waals surface area contributed by atoms with E-state index >= 15 is 0 Å². The maximum Gasteiger partial charge on any atom is 2.00 e. The second-order valence-electron chi connectivity index (χ2n) is 11.9. The van der Waals surface area contributed by atoms with Crippen molar-refractivity contribution >= 4 is 21.5 Å². The number of fused-ring (bicyclic) bond motifs is 2. The summed E-state index contributed by atoms with van der Waals surface area (Å²) in [6.45, 7) is 0. The van der Waals surface area contributed by atoms with Gasteiger partial charge in [-0.05, 0) is 57.2 Å². The molecule has 8 aromatic rings.